The minimum absolute atomic E-state index is 0.0251. The van der Waals surface area contributed by atoms with E-state index in [4.69, 9.17) is 0 Å². The van der Waals surface area contributed by atoms with Crippen LogP contribution >= 0.6 is 0 Å². The maximum absolute atomic E-state index is 12.7. The Morgan fingerprint density at radius 3 is 2.50 bits per heavy atom. The largest absolute Gasteiger partial charge is 0.345 e. The Morgan fingerprint density at radius 2 is 1.79 bits per heavy atom. The van der Waals surface area contributed by atoms with Crippen LogP contribution in [0.1, 0.15) is 70.4 Å². The summed E-state index contributed by atoms with van der Waals surface area (Å²) in [6.45, 7) is 6.19. The van der Waals surface area contributed by atoms with Crippen molar-refractivity contribution in [2.75, 3.05) is 0 Å². The molecule has 0 unspecified atom stereocenters. The van der Waals surface area contributed by atoms with Crippen molar-refractivity contribution in [3.63, 3.8) is 0 Å². The number of carbonyl (C=O) groups excluding carboxylic acids is 1. The molecule has 0 heterocycles. The lowest BCUT2D eigenvalue weighted by atomic mass is 9.88. The molecule has 2 nitrogen and oxygen atoms in total. The summed E-state index contributed by atoms with van der Waals surface area (Å²) in [7, 11) is 0. The van der Waals surface area contributed by atoms with Crippen LogP contribution in [0.4, 0.5) is 0 Å². The number of hydrogen-bond acceptors (Lipinski definition) is 1. The Hall–Kier alpha value is -2.09. The van der Waals surface area contributed by atoms with Gasteiger partial charge in [0, 0.05) is 5.56 Å². The van der Waals surface area contributed by atoms with Crippen LogP contribution in [0.25, 0.3) is 0 Å². The number of amides is 1. The highest BCUT2D eigenvalue weighted by Crippen LogP contribution is 2.26. The molecule has 0 fully saturated rings. The third kappa shape index (κ3) is 3.53. The first kappa shape index (κ1) is 16.8. The van der Waals surface area contributed by atoms with Crippen LogP contribution in [0.3, 0.4) is 0 Å². The minimum Gasteiger partial charge on any atom is -0.345 e. The van der Waals surface area contributed by atoms with Crippen molar-refractivity contribution in [3.05, 3.63) is 69.8 Å². The molecule has 0 spiro atoms. The third-order valence-electron chi connectivity index (χ3n) is 5.12. The van der Waals surface area contributed by atoms with E-state index < -0.39 is 0 Å². The fourth-order valence-electron chi connectivity index (χ4n) is 3.70. The van der Waals surface area contributed by atoms with Gasteiger partial charge in [0.2, 0.25) is 0 Å². The third-order valence-corrected chi connectivity index (χ3v) is 5.12. The van der Waals surface area contributed by atoms with Crippen LogP contribution in [-0.4, -0.2) is 5.91 Å². The summed E-state index contributed by atoms with van der Waals surface area (Å²) < 4.78 is 0. The Balaban J connectivity index is 1.80. The van der Waals surface area contributed by atoms with Crippen LogP contribution in [0.5, 0.6) is 0 Å². The lowest BCUT2D eigenvalue weighted by Crippen LogP contribution is -2.29. The van der Waals surface area contributed by atoms with Crippen molar-refractivity contribution in [1.82, 2.24) is 5.32 Å². The van der Waals surface area contributed by atoms with Gasteiger partial charge in [-0.15, -0.1) is 0 Å². The second-order valence-corrected chi connectivity index (χ2v) is 6.99. The van der Waals surface area contributed by atoms with E-state index in [0.29, 0.717) is 0 Å². The predicted molar refractivity (Wildman–Crippen MR) is 99.5 cm³/mol. The number of hydrogen-bond donors (Lipinski definition) is 1. The number of rotatable bonds is 4. The van der Waals surface area contributed by atoms with Gasteiger partial charge >= 0.3 is 0 Å². The van der Waals surface area contributed by atoms with E-state index in [0.717, 1.165) is 17.5 Å². The van der Waals surface area contributed by atoms with Gasteiger partial charge in [0.05, 0.1) is 6.04 Å². The fourth-order valence-corrected chi connectivity index (χ4v) is 3.70. The van der Waals surface area contributed by atoms with E-state index in [2.05, 4.69) is 43.4 Å². The molecule has 1 amide bonds. The average Bonchev–Trinajstić information content (AvgIpc) is 2.59. The Morgan fingerprint density at radius 1 is 1.04 bits per heavy atom. The van der Waals surface area contributed by atoms with Crippen LogP contribution in [0.15, 0.2) is 36.4 Å². The van der Waals surface area contributed by atoms with E-state index in [-0.39, 0.29) is 11.9 Å². The maximum Gasteiger partial charge on any atom is 0.252 e. The summed E-state index contributed by atoms with van der Waals surface area (Å²) in [5.74, 6) is 0.0251. The standard InChI is InChI=1S/C22H27NO/c1-4-21(19-11-10-17-7-5-6-8-18(17)14-19)23-22(24)20-12-9-15(2)13-16(20)3/h9-14,21H,4-8H2,1-3H3,(H,23,24)/t21-/m0/s1. The van der Waals surface area contributed by atoms with Gasteiger partial charge < -0.3 is 5.32 Å². The zero-order valence-electron chi connectivity index (χ0n) is 15.0. The zero-order valence-corrected chi connectivity index (χ0v) is 15.0. The molecule has 0 aromatic heterocycles. The monoisotopic (exact) mass is 321 g/mol. The molecule has 2 heteroatoms. The normalized spacial score (nSPS) is 14.8. The summed E-state index contributed by atoms with van der Waals surface area (Å²) in [6.07, 6.45) is 5.84. The molecule has 3 rings (SSSR count). The highest BCUT2D eigenvalue weighted by Gasteiger charge is 2.17. The summed E-state index contributed by atoms with van der Waals surface area (Å²) in [5, 5.41) is 3.23. The molecule has 2 aromatic rings. The number of carbonyl (C=O) groups is 1. The molecule has 0 saturated carbocycles. The van der Waals surface area contributed by atoms with Gasteiger partial charge in [-0.2, -0.15) is 0 Å². The highest BCUT2D eigenvalue weighted by molar-refractivity contribution is 5.95. The van der Waals surface area contributed by atoms with Gasteiger partial charge in [-0.3, -0.25) is 4.79 Å². The molecule has 24 heavy (non-hydrogen) atoms. The Bertz CT molecular complexity index is 748. The van der Waals surface area contributed by atoms with Crippen LogP contribution < -0.4 is 5.32 Å². The lowest BCUT2D eigenvalue weighted by Gasteiger charge is -2.22. The van der Waals surface area contributed by atoms with Gasteiger partial charge in [0.1, 0.15) is 0 Å². The van der Waals surface area contributed by atoms with Crippen molar-refractivity contribution < 1.29 is 4.79 Å². The van der Waals surface area contributed by atoms with E-state index in [9.17, 15) is 4.79 Å². The molecular weight excluding hydrogens is 294 g/mol. The van der Waals surface area contributed by atoms with Gasteiger partial charge in [0.25, 0.3) is 5.91 Å². The molecule has 126 valence electrons. The second kappa shape index (κ2) is 7.21. The number of fused-ring (bicyclic) bond motifs is 1. The van der Waals surface area contributed by atoms with Crippen molar-refractivity contribution in [3.8, 4) is 0 Å². The molecular formula is C22H27NO. The molecule has 1 N–H and O–H groups in total. The number of aryl methyl sites for hydroxylation is 4. The van der Waals surface area contributed by atoms with Gasteiger partial charge in [-0.25, -0.2) is 0 Å². The van der Waals surface area contributed by atoms with Gasteiger partial charge in [-0.05, 0) is 74.3 Å². The second-order valence-electron chi connectivity index (χ2n) is 6.99. The molecule has 0 aliphatic heterocycles. The minimum atomic E-state index is 0.0251. The Kier molecular flexibility index (Phi) is 5.03. The van der Waals surface area contributed by atoms with E-state index in [1.807, 2.05) is 19.1 Å². The van der Waals surface area contributed by atoms with Crippen molar-refractivity contribution >= 4 is 5.91 Å². The Labute approximate surface area is 145 Å². The summed E-state index contributed by atoms with van der Waals surface area (Å²) in [4.78, 5) is 12.7. The summed E-state index contributed by atoms with van der Waals surface area (Å²) >= 11 is 0. The van der Waals surface area contributed by atoms with E-state index >= 15 is 0 Å². The van der Waals surface area contributed by atoms with Crippen LogP contribution in [0, 0.1) is 13.8 Å². The molecule has 0 bridgehead atoms. The van der Waals surface area contributed by atoms with E-state index in [1.54, 1.807) is 0 Å². The lowest BCUT2D eigenvalue weighted by molar-refractivity contribution is 0.0935. The zero-order chi connectivity index (χ0) is 17.1. The fraction of sp³-hybridized carbons (Fsp3) is 0.409. The SMILES string of the molecule is CC[C@H](NC(=O)c1ccc(C)cc1C)c1ccc2c(c1)CCCC2. The maximum atomic E-state index is 12.7. The number of nitrogens with one attached hydrogen (secondary N) is 1. The van der Waals surface area contributed by atoms with Crippen molar-refractivity contribution in [1.29, 1.82) is 0 Å². The van der Waals surface area contributed by atoms with Gasteiger partial charge in [-0.1, -0.05) is 42.8 Å². The van der Waals surface area contributed by atoms with Crippen LogP contribution in [-0.2, 0) is 12.8 Å². The number of benzene rings is 2. The average molecular weight is 321 g/mol. The summed E-state index contributed by atoms with van der Waals surface area (Å²) in [5.41, 5.74) is 7.19. The highest BCUT2D eigenvalue weighted by atomic mass is 16.1. The molecule has 1 aliphatic carbocycles. The van der Waals surface area contributed by atoms with Gasteiger partial charge in [0.15, 0.2) is 0 Å². The first-order chi connectivity index (χ1) is 11.6. The molecule has 1 aliphatic rings. The predicted octanol–water partition coefficient (Wildman–Crippen LogP) is 5.06. The first-order valence-electron chi connectivity index (χ1n) is 9.08. The molecule has 2 aromatic carbocycles. The van der Waals surface area contributed by atoms with Crippen LogP contribution in [0.2, 0.25) is 0 Å². The first-order valence-corrected chi connectivity index (χ1v) is 9.08. The molecule has 0 radical (unpaired) electrons. The smallest absolute Gasteiger partial charge is 0.252 e. The summed E-state index contributed by atoms with van der Waals surface area (Å²) in [6, 6.07) is 12.8. The topological polar surface area (TPSA) is 29.1 Å². The molecule has 1 atom stereocenters. The van der Waals surface area contributed by atoms with Crippen molar-refractivity contribution in [2.45, 2.75) is 58.9 Å². The quantitative estimate of drug-likeness (QED) is 0.837. The van der Waals surface area contributed by atoms with E-state index in [1.165, 1.54) is 47.9 Å². The van der Waals surface area contributed by atoms with Crippen molar-refractivity contribution in [2.24, 2.45) is 0 Å². The molecule has 0 saturated heterocycles.